The van der Waals surface area contributed by atoms with Crippen LogP contribution in [0.5, 0.6) is 5.75 Å². The van der Waals surface area contributed by atoms with E-state index in [9.17, 15) is 9.59 Å². The highest BCUT2D eigenvalue weighted by Crippen LogP contribution is 2.17. The molecule has 2 N–H and O–H groups in total. The molecule has 0 bridgehead atoms. The SMILES string of the molecule is O=C(COc1cccc(Cl)c1)NNC(=O)c1ccccc1Cl. The van der Waals surface area contributed by atoms with Crippen LogP contribution in [-0.2, 0) is 4.79 Å². The third kappa shape index (κ3) is 4.65. The van der Waals surface area contributed by atoms with Crippen molar-refractivity contribution >= 4 is 35.0 Å². The number of ether oxygens (including phenoxy) is 1. The number of carbonyl (C=O) groups is 2. The molecule has 0 saturated carbocycles. The lowest BCUT2D eigenvalue weighted by Gasteiger charge is -2.09. The van der Waals surface area contributed by atoms with Crippen LogP contribution in [0.25, 0.3) is 0 Å². The van der Waals surface area contributed by atoms with E-state index in [-0.39, 0.29) is 12.2 Å². The molecule has 0 fully saturated rings. The number of hydrogen-bond donors (Lipinski definition) is 2. The summed E-state index contributed by atoms with van der Waals surface area (Å²) in [5, 5.41) is 0.800. The first-order valence-electron chi connectivity index (χ1n) is 6.28. The Morgan fingerprint density at radius 3 is 2.50 bits per heavy atom. The Labute approximate surface area is 137 Å². The fraction of sp³-hybridized carbons (Fsp3) is 0.0667. The number of carbonyl (C=O) groups excluding carboxylic acids is 2. The Kier molecular flexibility index (Phi) is 5.63. The molecular formula is C15H12Cl2N2O3. The van der Waals surface area contributed by atoms with Crippen LogP contribution in [0.15, 0.2) is 48.5 Å². The molecule has 0 atom stereocenters. The van der Waals surface area contributed by atoms with Crippen molar-refractivity contribution in [3.05, 3.63) is 64.1 Å². The minimum absolute atomic E-state index is 0.261. The molecule has 0 aliphatic rings. The van der Waals surface area contributed by atoms with Crippen molar-refractivity contribution in [2.45, 2.75) is 0 Å². The fourth-order valence-corrected chi connectivity index (χ4v) is 1.98. The van der Waals surface area contributed by atoms with Crippen molar-refractivity contribution in [3.63, 3.8) is 0 Å². The molecule has 2 rings (SSSR count). The maximum atomic E-state index is 11.8. The zero-order valence-electron chi connectivity index (χ0n) is 11.3. The second-order valence-corrected chi connectivity index (χ2v) is 5.07. The van der Waals surface area contributed by atoms with Gasteiger partial charge in [0.15, 0.2) is 6.61 Å². The normalized spacial score (nSPS) is 9.91. The summed E-state index contributed by atoms with van der Waals surface area (Å²) in [6.45, 7) is -0.261. The van der Waals surface area contributed by atoms with Gasteiger partial charge in [-0.25, -0.2) is 0 Å². The standard InChI is InChI=1S/C15H12Cl2N2O3/c16-10-4-3-5-11(8-10)22-9-14(20)18-19-15(21)12-6-1-2-7-13(12)17/h1-8H,9H2,(H,18,20)(H,19,21). The molecule has 0 aliphatic carbocycles. The van der Waals surface area contributed by atoms with Gasteiger partial charge in [-0.1, -0.05) is 41.4 Å². The Balaban J connectivity index is 1.81. The van der Waals surface area contributed by atoms with Gasteiger partial charge in [0.25, 0.3) is 11.8 Å². The third-order valence-corrected chi connectivity index (χ3v) is 3.16. The second kappa shape index (κ2) is 7.68. The third-order valence-electron chi connectivity index (χ3n) is 2.60. The summed E-state index contributed by atoms with van der Waals surface area (Å²) in [7, 11) is 0. The molecule has 0 saturated heterocycles. The van der Waals surface area contributed by atoms with Gasteiger partial charge >= 0.3 is 0 Å². The summed E-state index contributed by atoms with van der Waals surface area (Å²) in [6.07, 6.45) is 0. The molecule has 2 amide bonds. The molecule has 2 aromatic carbocycles. The molecule has 0 aliphatic heterocycles. The number of benzene rings is 2. The van der Waals surface area contributed by atoms with Gasteiger partial charge in [0.1, 0.15) is 5.75 Å². The topological polar surface area (TPSA) is 67.4 Å². The molecule has 22 heavy (non-hydrogen) atoms. The van der Waals surface area contributed by atoms with E-state index in [1.54, 1.807) is 48.5 Å². The minimum atomic E-state index is -0.514. The van der Waals surface area contributed by atoms with Gasteiger partial charge in [-0.3, -0.25) is 20.4 Å². The summed E-state index contributed by atoms with van der Waals surface area (Å²) < 4.78 is 5.24. The lowest BCUT2D eigenvalue weighted by Crippen LogP contribution is -2.43. The molecule has 0 aromatic heterocycles. The van der Waals surface area contributed by atoms with Gasteiger partial charge in [0, 0.05) is 5.02 Å². The molecule has 7 heteroatoms. The van der Waals surface area contributed by atoms with E-state index in [1.807, 2.05) is 0 Å². The molecule has 0 unspecified atom stereocenters. The monoisotopic (exact) mass is 338 g/mol. The van der Waals surface area contributed by atoms with Gasteiger partial charge in [0.2, 0.25) is 0 Å². The van der Waals surface area contributed by atoms with Crippen LogP contribution in [0.2, 0.25) is 10.0 Å². The van der Waals surface area contributed by atoms with Crippen molar-refractivity contribution in [2.24, 2.45) is 0 Å². The largest absolute Gasteiger partial charge is 0.484 e. The molecule has 0 heterocycles. The summed E-state index contributed by atoms with van der Waals surface area (Å²) in [5.74, 6) is -0.567. The Morgan fingerprint density at radius 2 is 1.77 bits per heavy atom. The van der Waals surface area contributed by atoms with Gasteiger partial charge in [-0.15, -0.1) is 0 Å². The van der Waals surface area contributed by atoms with E-state index in [1.165, 1.54) is 0 Å². The number of rotatable bonds is 4. The van der Waals surface area contributed by atoms with Gasteiger partial charge < -0.3 is 4.74 Å². The fourth-order valence-electron chi connectivity index (χ4n) is 1.58. The number of hydrogen-bond acceptors (Lipinski definition) is 3. The van der Waals surface area contributed by atoms with Crippen LogP contribution < -0.4 is 15.6 Å². The van der Waals surface area contributed by atoms with Crippen LogP contribution in [-0.4, -0.2) is 18.4 Å². The van der Waals surface area contributed by atoms with Crippen LogP contribution >= 0.6 is 23.2 Å². The first-order chi connectivity index (χ1) is 10.6. The van der Waals surface area contributed by atoms with Gasteiger partial charge in [-0.05, 0) is 30.3 Å². The maximum Gasteiger partial charge on any atom is 0.276 e. The first-order valence-corrected chi connectivity index (χ1v) is 7.04. The molecule has 2 aromatic rings. The van der Waals surface area contributed by atoms with Crippen molar-refractivity contribution in [1.29, 1.82) is 0 Å². The Bertz CT molecular complexity index is 692. The maximum absolute atomic E-state index is 11.8. The summed E-state index contributed by atoms with van der Waals surface area (Å²) in [5.41, 5.74) is 4.76. The lowest BCUT2D eigenvalue weighted by atomic mass is 10.2. The average molecular weight is 339 g/mol. The molecular weight excluding hydrogens is 327 g/mol. The average Bonchev–Trinajstić information content (AvgIpc) is 2.51. The molecule has 0 spiro atoms. The Hall–Kier alpha value is -2.24. The van der Waals surface area contributed by atoms with E-state index >= 15 is 0 Å². The zero-order chi connectivity index (χ0) is 15.9. The van der Waals surface area contributed by atoms with Crippen LogP contribution in [0.4, 0.5) is 0 Å². The predicted octanol–water partition coefficient (Wildman–Crippen LogP) is 2.83. The number of hydrazine groups is 1. The van der Waals surface area contributed by atoms with Crippen molar-refractivity contribution in [3.8, 4) is 5.75 Å². The highest BCUT2D eigenvalue weighted by molar-refractivity contribution is 6.33. The first kappa shape index (κ1) is 16.1. The summed E-state index contributed by atoms with van der Waals surface area (Å²) >= 11 is 11.7. The second-order valence-electron chi connectivity index (χ2n) is 4.23. The van der Waals surface area contributed by atoms with E-state index in [0.29, 0.717) is 15.8 Å². The van der Waals surface area contributed by atoms with Gasteiger partial charge in [-0.2, -0.15) is 0 Å². The van der Waals surface area contributed by atoms with Crippen LogP contribution in [0.1, 0.15) is 10.4 Å². The minimum Gasteiger partial charge on any atom is -0.484 e. The lowest BCUT2D eigenvalue weighted by molar-refractivity contribution is -0.123. The summed E-state index contributed by atoms with van der Waals surface area (Å²) in [6, 6.07) is 13.2. The van der Waals surface area contributed by atoms with E-state index < -0.39 is 11.8 Å². The quantitative estimate of drug-likeness (QED) is 0.842. The molecule has 5 nitrogen and oxygen atoms in total. The number of amides is 2. The van der Waals surface area contributed by atoms with Crippen LogP contribution in [0.3, 0.4) is 0 Å². The van der Waals surface area contributed by atoms with Gasteiger partial charge in [0.05, 0.1) is 10.6 Å². The summed E-state index contributed by atoms with van der Waals surface area (Å²) in [4.78, 5) is 23.4. The Morgan fingerprint density at radius 1 is 1.00 bits per heavy atom. The van der Waals surface area contributed by atoms with E-state index in [2.05, 4.69) is 10.9 Å². The smallest absolute Gasteiger partial charge is 0.276 e. The van der Waals surface area contributed by atoms with E-state index in [0.717, 1.165) is 0 Å². The molecule has 114 valence electrons. The van der Waals surface area contributed by atoms with E-state index in [4.69, 9.17) is 27.9 Å². The van der Waals surface area contributed by atoms with Crippen molar-refractivity contribution in [1.82, 2.24) is 10.9 Å². The number of halogens is 2. The zero-order valence-corrected chi connectivity index (χ0v) is 12.8. The van der Waals surface area contributed by atoms with Crippen molar-refractivity contribution in [2.75, 3.05) is 6.61 Å². The molecule has 0 radical (unpaired) electrons. The van der Waals surface area contributed by atoms with Crippen LogP contribution in [0, 0.1) is 0 Å². The highest BCUT2D eigenvalue weighted by Gasteiger charge is 2.10. The predicted molar refractivity (Wildman–Crippen MR) is 84.0 cm³/mol. The van der Waals surface area contributed by atoms with Crippen molar-refractivity contribution < 1.29 is 14.3 Å². The number of nitrogens with one attached hydrogen (secondary N) is 2. The highest BCUT2D eigenvalue weighted by atomic mass is 35.5.